The Morgan fingerprint density at radius 2 is 1.43 bits per heavy atom. The second-order valence-corrected chi connectivity index (χ2v) is 22.5. The minimum absolute atomic E-state index is 0.0234. The van der Waals surface area contributed by atoms with Gasteiger partial charge in [-0.25, -0.2) is 0 Å². The number of hydrogen-bond donors (Lipinski definition) is 5. The van der Waals surface area contributed by atoms with E-state index >= 15 is 0 Å². The molecule has 20 heteroatoms. The van der Waals surface area contributed by atoms with Crippen molar-refractivity contribution in [3.63, 3.8) is 0 Å². The number of fused-ring (bicyclic) bond motifs is 2. The number of benzene rings is 2. The van der Waals surface area contributed by atoms with Crippen LogP contribution in [-0.2, 0) is 57.3 Å². The molecule has 370 valence electrons. The van der Waals surface area contributed by atoms with Crippen molar-refractivity contribution < 1.29 is 61.8 Å². The Balaban J connectivity index is 1.48. The van der Waals surface area contributed by atoms with Crippen molar-refractivity contribution in [3.05, 3.63) is 144 Å². The largest absolute Gasteiger partial charge is 0.481 e. The van der Waals surface area contributed by atoms with E-state index < -0.39 is 76.1 Å². The molecular weight excluding hydrogens is 957 g/mol. The predicted octanol–water partition coefficient (Wildman–Crippen LogP) is 8.60. The SMILES string of the molecule is CC1(CCCS(=O)(=O)O)\C(=C/C=C/C=C/C=C/C2N(CCCS(=O)(=O)O)c3ccc(S(=O)(=O)O)cc3C2(C)CCCC2=C/C=C\C=C/C=C\2)N(CCCCCC(=O)O)c2ccc(OS(=O)O)cc21. The second kappa shape index (κ2) is 23.6. The summed E-state index contributed by atoms with van der Waals surface area (Å²) in [7, 11) is -13.1. The molecule has 2 aromatic carbocycles. The van der Waals surface area contributed by atoms with Gasteiger partial charge in [-0.1, -0.05) is 92.3 Å². The quantitative estimate of drug-likeness (QED) is 0.0270. The zero-order valence-electron chi connectivity index (χ0n) is 38.0. The Kier molecular flexibility index (Phi) is 18.7. The van der Waals surface area contributed by atoms with Gasteiger partial charge in [0.1, 0.15) is 5.75 Å². The van der Waals surface area contributed by atoms with Gasteiger partial charge in [0.25, 0.3) is 30.4 Å². The smallest absolute Gasteiger partial charge is 0.357 e. The Morgan fingerprint density at radius 1 is 0.750 bits per heavy atom. The van der Waals surface area contributed by atoms with Crippen LogP contribution in [0.25, 0.3) is 0 Å². The molecular formula is C48H60N2O14S4. The first-order valence-corrected chi connectivity index (χ1v) is 27.9. The van der Waals surface area contributed by atoms with Gasteiger partial charge in [0.2, 0.25) is 0 Å². The van der Waals surface area contributed by atoms with Crippen LogP contribution >= 0.6 is 0 Å². The van der Waals surface area contributed by atoms with Gasteiger partial charge in [0.15, 0.2) is 0 Å². The number of rotatable bonds is 25. The van der Waals surface area contributed by atoms with Gasteiger partial charge >= 0.3 is 17.3 Å². The minimum atomic E-state index is -4.57. The topological polar surface area (TPSA) is 253 Å². The Morgan fingerprint density at radius 3 is 2.13 bits per heavy atom. The molecule has 2 aromatic rings. The third-order valence-corrected chi connectivity index (χ3v) is 15.2. The van der Waals surface area contributed by atoms with Gasteiger partial charge in [0, 0.05) is 47.4 Å². The number of aliphatic carboxylic acids is 1. The van der Waals surface area contributed by atoms with Crippen LogP contribution in [0.3, 0.4) is 0 Å². The zero-order chi connectivity index (χ0) is 49.8. The Hall–Kier alpha value is -4.93. The van der Waals surface area contributed by atoms with Crippen molar-refractivity contribution in [3.8, 4) is 5.75 Å². The van der Waals surface area contributed by atoms with Crippen LogP contribution < -0.4 is 14.0 Å². The standard InChI is InChI=1S/C48H60N2O14S4/c1-47(29-16-21-37-19-10-5-3-6-11-20-37)41-36-39(68(61,62)63)26-28-43(41)50(32-18-34-67(58,59)60)44(47)22-12-7-4-8-13-23-45-48(2,30-17-33-66(55,56)57)40-35-38(64-65(53)54)25-27-42(40)49(45)31-15-9-14-24-46(51)52/h3-8,10-13,19-20,22-23,25-28,35-36,44H,9,14-18,21,24,29-34H2,1-2H3,(H,51,52)(H,53,54)(H,55,56,57)(H,58,59,60)(H,61,62,63)/b5-3-,6-3?,7-4+,10-5?,11-6-,13-8+,19-10-,20-11?,22-12+,37-19?,37-20+,45-23+. The number of carbonyl (C=O) groups is 1. The fourth-order valence-electron chi connectivity index (χ4n) is 9.25. The van der Waals surface area contributed by atoms with Gasteiger partial charge in [-0.05, 0) is 117 Å². The van der Waals surface area contributed by atoms with E-state index in [4.69, 9.17) is 9.29 Å². The molecule has 0 radical (unpaired) electrons. The maximum Gasteiger partial charge on any atom is 0.357 e. The third kappa shape index (κ3) is 15.0. The summed E-state index contributed by atoms with van der Waals surface area (Å²) in [4.78, 5) is 15.0. The number of unbranched alkanes of at least 4 members (excludes halogenated alkanes) is 2. The number of carboxylic acid groups (broad SMARTS) is 1. The molecule has 0 fully saturated rings. The van der Waals surface area contributed by atoms with Crippen molar-refractivity contribution in [1.29, 1.82) is 0 Å². The minimum Gasteiger partial charge on any atom is -0.481 e. The first kappa shape index (κ1) is 54.0. The van der Waals surface area contributed by atoms with Crippen molar-refractivity contribution in [2.45, 2.75) is 99.8 Å². The second-order valence-electron chi connectivity index (χ2n) is 17.3. The molecule has 2 aliphatic heterocycles. The molecule has 68 heavy (non-hydrogen) atoms. The molecule has 0 amide bonds. The molecule has 0 bridgehead atoms. The summed E-state index contributed by atoms with van der Waals surface area (Å²) in [5.41, 5.74) is 3.07. The lowest BCUT2D eigenvalue weighted by atomic mass is 9.74. The van der Waals surface area contributed by atoms with Crippen LogP contribution in [0.2, 0.25) is 0 Å². The molecule has 0 saturated heterocycles. The first-order valence-electron chi connectivity index (χ1n) is 22.2. The molecule has 3 aliphatic rings. The number of carboxylic acids is 1. The zero-order valence-corrected chi connectivity index (χ0v) is 41.2. The maximum absolute atomic E-state index is 12.4. The number of anilines is 2. The molecule has 2 heterocycles. The molecule has 0 aromatic heterocycles. The van der Waals surface area contributed by atoms with Crippen LogP contribution in [0.5, 0.6) is 5.75 Å². The summed E-state index contributed by atoms with van der Waals surface area (Å²) in [5, 5.41) is 9.16. The molecule has 4 atom stereocenters. The highest BCUT2D eigenvalue weighted by molar-refractivity contribution is 7.86. The molecule has 1 aliphatic carbocycles. The fourth-order valence-corrected chi connectivity index (χ4v) is 11.0. The molecule has 16 nitrogen and oxygen atoms in total. The lowest BCUT2D eigenvalue weighted by Gasteiger charge is -2.35. The highest BCUT2D eigenvalue weighted by Crippen LogP contribution is 2.52. The average Bonchev–Trinajstić information content (AvgIpc) is 3.59. The number of hydrogen-bond acceptors (Lipinski definition) is 11. The molecule has 5 N–H and O–H groups in total. The van der Waals surface area contributed by atoms with Crippen molar-refractivity contribution in [1.82, 2.24) is 0 Å². The highest BCUT2D eigenvalue weighted by Gasteiger charge is 2.47. The van der Waals surface area contributed by atoms with Crippen molar-refractivity contribution >= 4 is 59.1 Å². The molecule has 4 unspecified atom stereocenters. The summed E-state index contributed by atoms with van der Waals surface area (Å²) in [6.45, 7) is 4.61. The monoisotopic (exact) mass is 1020 g/mol. The van der Waals surface area contributed by atoms with Gasteiger partial charge in [-0.2, -0.15) is 29.5 Å². The number of nitrogens with zero attached hydrogens (tertiary/aromatic N) is 2. The summed E-state index contributed by atoms with van der Waals surface area (Å²) in [5.74, 6) is -1.74. The lowest BCUT2D eigenvalue weighted by molar-refractivity contribution is -0.137. The van der Waals surface area contributed by atoms with Crippen molar-refractivity contribution in [2.24, 2.45) is 0 Å². The fraction of sp³-hybridized carbons (Fsp3) is 0.396. The van der Waals surface area contributed by atoms with Crippen LogP contribution in [0, 0.1) is 0 Å². The third-order valence-electron chi connectivity index (χ3n) is 12.4. The van der Waals surface area contributed by atoms with Crippen LogP contribution in [-0.4, -0.2) is 89.4 Å². The summed E-state index contributed by atoms with van der Waals surface area (Å²) in [6.07, 6.45) is 30.8. The lowest BCUT2D eigenvalue weighted by Crippen LogP contribution is -2.42. The van der Waals surface area contributed by atoms with Crippen LogP contribution in [0.4, 0.5) is 11.4 Å². The molecule has 0 spiro atoms. The summed E-state index contributed by atoms with van der Waals surface area (Å²) in [6, 6.07) is 8.91. The molecule has 5 rings (SSSR count). The Bertz CT molecular complexity index is 2770. The van der Waals surface area contributed by atoms with E-state index in [0.717, 1.165) is 17.0 Å². The van der Waals surface area contributed by atoms with Gasteiger partial charge in [0.05, 0.1) is 22.4 Å². The van der Waals surface area contributed by atoms with Crippen LogP contribution in [0.15, 0.2) is 138 Å². The summed E-state index contributed by atoms with van der Waals surface area (Å²) < 4.78 is 127. The van der Waals surface area contributed by atoms with Crippen LogP contribution in [0.1, 0.15) is 89.2 Å². The highest BCUT2D eigenvalue weighted by atomic mass is 32.2. The van der Waals surface area contributed by atoms with Gasteiger partial charge < -0.3 is 19.1 Å². The van der Waals surface area contributed by atoms with E-state index in [1.54, 1.807) is 42.5 Å². The van der Waals surface area contributed by atoms with E-state index in [1.165, 1.54) is 12.1 Å². The Labute approximate surface area is 402 Å². The van der Waals surface area contributed by atoms with E-state index in [1.807, 2.05) is 85.6 Å². The first-order chi connectivity index (χ1) is 32.0. The van der Waals surface area contributed by atoms with E-state index in [-0.39, 0.29) is 42.9 Å². The van der Waals surface area contributed by atoms with E-state index in [9.17, 15) is 52.5 Å². The summed E-state index contributed by atoms with van der Waals surface area (Å²) >= 11 is -2.61. The van der Waals surface area contributed by atoms with Crippen molar-refractivity contribution in [2.75, 3.05) is 34.4 Å². The molecule has 0 saturated carbocycles. The van der Waals surface area contributed by atoms with E-state index in [2.05, 4.69) is 4.90 Å². The predicted molar refractivity (Wildman–Crippen MR) is 265 cm³/mol. The van der Waals surface area contributed by atoms with Gasteiger partial charge in [-0.3, -0.25) is 23.0 Å². The van der Waals surface area contributed by atoms with E-state index in [0.29, 0.717) is 61.9 Å². The average molecular weight is 1020 g/mol. The maximum atomic E-state index is 12.4. The number of allylic oxidation sites excluding steroid dienone is 15. The van der Waals surface area contributed by atoms with Gasteiger partial charge in [-0.15, -0.1) is 0 Å². The normalized spacial score (nSPS) is 23.9.